The minimum atomic E-state index is -0.158. The lowest BCUT2D eigenvalue weighted by Crippen LogP contribution is -2.28. The van der Waals surface area contributed by atoms with E-state index < -0.39 is 0 Å². The van der Waals surface area contributed by atoms with Gasteiger partial charge in [-0.25, -0.2) is 4.98 Å². The van der Waals surface area contributed by atoms with Crippen LogP contribution in [0.15, 0.2) is 18.3 Å². The predicted octanol–water partition coefficient (Wildman–Crippen LogP) is 0.868. The van der Waals surface area contributed by atoms with Crippen molar-refractivity contribution < 1.29 is 4.79 Å². The zero-order chi connectivity index (χ0) is 15.5. The Bertz CT molecular complexity index is 684. The summed E-state index contributed by atoms with van der Waals surface area (Å²) in [6, 6.07) is 3.83. The Balaban J connectivity index is 0.00000192. The number of hydrogen-bond acceptors (Lipinski definition) is 5. The van der Waals surface area contributed by atoms with E-state index in [-0.39, 0.29) is 18.3 Å². The van der Waals surface area contributed by atoms with Crippen molar-refractivity contribution in [2.75, 3.05) is 25.5 Å². The Hall–Kier alpha value is -2.12. The minimum Gasteiger partial charge on any atom is -0.362 e. The Morgan fingerprint density at radius 3 is 3.04 bits per heavy atom. The van der Waals surface area contributed by atoms with E-state index in [4.69, 9.17) is 0 Å². The van der Waals surface area contributed by atoms with Gasteiger partial charge in [-0.15, -0.1) is 12.4 Å². The Kier molecular flexibility index (Phi) is 5.57. The van der Waals surface area contributed by atoms with Crippen LogP contribution >= 0.6 is 12.4 Å². The van der Waals surface area contributed by atoms with Gasteiger partial charge in [0.25, 0.3) is 5.91 Å². The quantitative estimate of drug-likeness (QED) is 0.771. The second kappa shape index (κ2) is 7.43. The number of aromatic nitrogens is 3. The van der Waals surface area contributed by atoms with E-state index in [1.54, 1.807) is 6.20 Å². The summed E-state index contributed by atoms with van der Waals surface area (Å²) in [5.74, 6) is 0.697. The molecule has 1 amide bonds. The standard InChI is InChI=1S/C15H20N6O.ClH/c1-21(2)14-10(4-3-6-17-14)8-18-15(22)13-11-9-16-7-5-12(11)19-20-13;/h3-4,6,16H,5,7-9H2,1-2H3,(H,18,22)(H,19,20);1H. The van der Waals surface area contributed by atoms with Gasteiger partial charge in [0.15, 0.2) is 5.69 Å². The number of pyridine rings is 1. The molecule has 23 heavy (non-hydrogen) atoms. The molecule has 0 bridgehead atoms. The molecule has 1 aliphatic heterocycles. The van der Waals surface area contributed by atoms with Crippen LogP contribution in [0.25, 0.3) is 0 Å². The van der Waals surface area contributed by atoms with Crippen molar-refractivity contribution in [1.82, 2.24) is 25.8 Å². The molecule has 8 heteroatoms. The highest BCUT2D eigenvalue weighted by molar-refractivity contribution is 5.94. The molecule has 1 aliphatic rings. The van der Waals surface area contributed by atoms with Crippen LogP contribution in [-0.2, 0) is 19.5 Å². The van der Waals surface area contributed by atoms with Crippen LogP contribution in [0.2, 0.25) is 0 Å². The average molecular weight is 337 g/mol. The van der Waals surface area contributed by atoms with Gasteiger partial charge in [0.2, 0.25) is 0 Å². The molecule has 0 fully saturated rings. The molecule has 0 unspecified atom stereocenters. The Labute approximate surface area is 141 Å². The summed E-state index contributed by atoms with van der Waals surface area (Å²) in [5, 5.41) is 13.3. The van der Waals surface area contributed by atoms with Crippen molar-refractivity contribution in [3.05, 3.63) is 40.8 Å². The number of carbonyl (C=O) groups is 1. The molecule has 0 radical (unpaired) electrons. The van der Waals surface area contributed by atoms with Crippen molar-refractivity contribution in [2.24, 2.45) is 0 Å². The predicted molar refractivity (Wildman–Crippen MR) is 91.0 cm³/mol. The van der Waals surface area contributed by atoms with Crippen LogP contribution in [-0.4, -0.2) is 41.7 Å². The van der Waals surface area contributed by atoms with Crippen LogP contribution in [0.5, 0.6) is 0 Å². The number of nitrogens with one attached hydrogen (secondary N) is 3. The molecule has 0 aliphatic carbocycles. The molecule has 3 rings (SSSR count). The molecule has 0 atom stereocenters. The molecule has 2 aromatic rings. The molecule has 0 saturated heterocycles. The summed E-state index contributed by atoms with van der Waals surface area (Å²) in [4.78, 5) is 18.6. The Morgan fingerprint density at radius 1 is 1.43 bits per heavy atom. The number of H-pyrrole nitrogens is 1. The van der Waals surface area contributed by atoms with Gasteiger partial charge in [-0.3, -0.25) is 9.89 Å². The number of amides is 1. The maximum Gasteiger partial charge on any atom is 0.272 e. The summed E-state index contributed by atoms with van der Waals surface area (Å²) in [6.45, 7) is 2.03. The largest absolute Gasteiger partial charge is 0.362 e. The van der Waals surface area contributed by atoms with Gasteiger partial charge in [0, 0.05) is 63.2 Å². The number of rotatable bonds is 4. The first kappa shape index (κ1) is 17.2. The number of carbonyl (C=O) groups excluding carboxylic acids is 1. The highest BCUT2D eigenvalue weighted by atomic mass is 35.5. The zero-order valence-corrected chi connectivity index (χ0v) is 14.0. The third-order valence-corrected chi connectivity index (χ3v) is 3.75. The second-order valence-electron chi connectivity index (χ2n) is 5.52. The molecule has 124 valence electrons. The smallest absolute Gasteiger partial charge is 0.272 e. The van der Waals surface area contributed by atoms with E-state index in [1.807, 2.05) is 31.1 Å². The molecule has 7 nitrogen and oxygen atoms in total. The second-order valence-corrected chi connectivity index (χ2v) is 5.52. The van der Waals surface area contributed by atoms with Crippen LogP contribution in [0.1, 0.15) is 27.3 Å². The minimum absolute atomic E-state index is 0. The van der Waals surface area contributed by atoms with E-state index in [2.05, 4.69) is 25.8 Å². The van der Waals surface area contributed by atoms with E-state index in [0.717, 1.165) is 35.6 Å². The third kappa shape index (κ3) is 3.62. The van der Waals surface area contributed by atoms with E-state index in [1.165, 1.54) is 0 Å². The number of fused-ring (bicyclic) bond motifs is 1. The highest BCUT2D eigenvalue weighted by Gasteiger charge is 2.21. The SMILES string of the molecule is CN(C)c1ncccc1CNC(=O)c1n[nH]c2c1CNCC2.Cl. The third-order valence-electron chi connectivity index (χ3n) is 3.75. The van der Waals surface area contributed by atoms with E-state index in [0.29, 0.717) is 18.8 Å². The summed E-state index contributed by atoms with van der Waals surface area (Å²) in [7, 11) is 3.87. The summed E-state index contributed by atoms with van der Waals surface area (Å²) < 4.78 is 0. The summed E-state index contributed by atoms with van der Waals surface area (Å²) in [6.07, 6.45) is 2.62. The van der Waals surface area contributed by atoms with Gasteiger partial charge in [0.05, 0.1) is 0 Å². The number of aromatic amines is 1. The summed E-state index contributed by atoms with van der Waals surface area (Å²) >= 11 is 0. The lowest BCUT2D eigenvalue weighted by atomic mass is 10.1. The lowest BCUT2D eigenvalue weighted by molar-refractivity contribution is 0.0944. The topological polar surface area (TPSA) is 85.9 Å². The monoisotopic (exact) mass is 336 g/mol. The number of nitrogens with zero attached hydrogens (tertiary/aromatic N) is 3. The van der Waals surface area contributed by atoms with E-state index >= 15 is 0 Å². The fourth-order valence-corrected chi connectivity index (χ4v) is 2.64. The van der Waals surface area contributed by atoms with Gasteiger partial charge in [-0.1, -0.05) is 6.07 Å². The first-order chi connectivity index (χ1) is 10.7. The zero-order valence-electron chi connectivity index (χ0n) is 13.2. The normalized spacial score (nSPS) is 13.0. The van der Waals surface area contributed by atoms with Gasteiger partial charge in [-0.05, 0) is 6.07 Å². The van der Waals surface area contributed by atoms with Crippen molar-refractivity contribution in [1.29, 1.82) is 0 Å². The maximum absolute atomic E-state index is 12.4. The lowest BCUT2D eigenvalue weighted by Gasteiger charge is -2.16. The van der Waals surface area contributed by atoms with Crippen LogP contribution in [0, 0.1) is 0 Å². The average Bonchev–Trinajstić information content (AvgIpc) is 2.97. The van der Waals surface area contributed by atoms with Gasteiger partial charge in [0.1, 0.15) is 5.82 Å². The fraction of sp³-hybridized carbons (Fsp3) is 0.400. The number of anilines is 1. The molecular formula is C15H21ClN6O. The molecular weight excluding hydrogens is 316 g/mol. The molecule has 0 aromatic carbocycles. The molecule has 0 spiro atoms. The first-order valence-electron chi connectivity index (χ1n) is 7.33. The van der Waals surface area contributed by atoms with Crippen LogP contribution in [0.4, 0.5) is 5.82 Å². The maximum atomic E-state index is 12.4. The van der Waals surface area contributed by atoms with Gasteiger partial charge < -0.3 is 15.5 Å². The van der Waals surface area contributed by atoms with Crippen molar-refractivity contribution >= 4 is 24.1 Å². The molecule has 0 saturated carbocycles. The van der Waals surface area contributed by atoms with Crippen molar-refractivity contribution in [3.63, 3.8) is 0 Å². The summed E-state index contributed by atoms with van der Waals surface area (Å²) in [5.41, 5.74) is 3.49. The van der Waals surface area contributed by atoms with Gasteiger partial charge in [-0.2, -0.15) is 5.10 Å². The van der Waals surface area contributed by atoms with Crippen molar-refractivity contribution in [2.45, 2.75) is 19.5 Å². The number of halogens is 1. The first-order valence-corrected chi connectivity index (χ1v) is 7.33. The highest BCUT2D eigenvalue weighted by Crippen LogP contribution is 2.17. The Morgan fingerprint density at radius 2 is 2.26 bits per heavy atom. The van der Waals surface area contributed by atoms with Crippen LogP contribution < -0.4 is 15.5 Å². The molecule has 3 N–H and O–H groups in total. The fourth-order valence-electron chi connectivity index (χ4n) is 2.64. The van der Waals surface area contributed by atoms with E-state index in [9.17, 15) is 4.79 Å². The molecule has 3 heterocycles. The van der Waals surface area contributed by atoms with Gasteiger partial charge >= 0.3 is 0 Å². The molecule has 2 aromatic heterocycles. The number of hydrogen-bond donors (Lipinski definition) is 3. The van der Waals surface area contributed by atoms with Crippen LogP contribution in [0.3, 0.4) is 0 Å². The van der Waals surface area contributed by atoms with Crippen molar-refractivity contribution in [3.8, 4) is 0 Å².